The molecule has 0 spiro atoms. The van der Waals surface area contributed by atoms with Gasteiger partial charge in [0, 0.05) is 29.3 Å². The monoisotopic (exact) mass is 460 g/mol. The maximum atomic E-state index is 11.2. The van der Waals surface area contributed by atoms with Crippen LogP contribution in [0.2, 0.25) is 0 Å². The summed E-state index contributed by atoms with van der Waals surface area (Å²) in [6.45, 7) is 5.66. The number of nitrogens with zero attached hydrogens (tertiary/aromatic N) is 2. The summed E-state index contributed by atoms with van der Waals surface area (Å²) in [5.41, 5.74) is 2.38. The topological polar surface area (TPSA) is 90.8 Å². The van der Waals surface area contributed by atoms with Gasteiger partial charge in [0.05, 0.1) is 0 Å². The number of ether oxygens (including phenoxy) is 3. The maximum Gasteiger partial charge on any atom is 0.508 e. The molecule has 0 saturated carbocycles. The Balaban J connectivity index is 1.59. The number of hydrogen-bond donors (Lipinski definition) is 1. The van der Waals surface area contributed by atoms with Gasteiger partial charge in [-0.3, -0.25) is 0 Å². The second-order valence-electron chi connectivity index (χ2n) is 8.36. The fourth-order valence-electron chi connectivity index (χ4n) is 3.62. The molecule has 0 bridgehead atoms. The fourth-order valence-corrected chi connectivity index (χ4v) is 4.41. The molecule has 1 fully saturated rings. The molecule has 7 nitrogen and oxygen atoms in total. The minimum absolute atomic E-state index is 0.0146. The van der Waals surface area contributed by atoms with Crippen LogP contribution in [0.3, 0.4) is 0 Å². The zero-order chi connectivity index (χ0) is 23.0. The van der Waals surface area contributed by atoms with Crippen LogP contribution >= 0.6 is 11.8 Å². The Morgan fingerprint density at radius 1 is 1.06 bits per heavy atom. The molecule has 0 unspecified atom stereocenters. The second-order valence-corrected chi connectivity index (χ2v) is 9.42. The second kappa shape index (κ2) is 11.1. The van der Waals surface area contributed by atoms with Gasteiger partial charge in [-0.05, 0) is 25.8 Å². The van der Waals surface area contributed by atoms with E-state index in [1.165, 1.54) is 38.5 Å². The van der Waals surface area contributed by atoms with E-state index in [1.54, 1.807) is 37.7 Å². The van der Waals surface area contributed by atoms with Crippen LogP contribution < -0.4 is 0 Å². The predicted octanol–water partition coefficient (Wildman–Crippen LogP) is 6.23. The Hall–Kier alpha value is -2.16. The van der Waals surface area contributed by atoms with Gasteiger partial charge in [0.2, 0.25) is 0 Å². The molecule has 1 aromatic heterocycles. The van der Waals surface area contributed by atoms with Gasteiger partial charge >= 0.3 is 6.16 Å². The zero-order valence-electron chi connectivity index (χ0n) is 19.0. The minimum Gasteiger partial charge on any atom is -0.450 e. The van der Waals surface area contributed by atoms with Gasteiger partial charge in [0.1, 0.15) is 6.61 Å². The Bertz CT molecular complexity index is 873. The van der Waals surface area contributed by atoms with Crippen molar-refractivity contribution in [2.45, 2.75) is 76.0 Å². The molecule has 32 heavy (non-hydrogen) atoms. The lowest BCUT2D eigenvalue weighted by atomic mass is 10.0. The summed E-state index contributed by atoms with van der Waals surface area (Å²) < 4.78 is 16.5. The molecule has 1 saturated heterocycles. The number of aromatic nitrogens is 2. The van der Waals surface area contributed by atoms with Crippen molar-refractivity contribution >= 4 is 17.9 Å². The lowest BCUT2D eigenvalue weighted by Gasteiger charge is -2.28. The van der Waals surface area contributed by atoms with Crippen molar-refractivity contribution in [1.82, 2.24) is 9.97 Å². The number of rotatable bonds is 11. The van der Waals surface area contributed by atoms with Crippen molar-refractivity contribution in [2.24, 2.45) is 0 Å². The van der Waals surface area contributed by atoms with Crippen molar-refractivity contribution in [1.29, 1.82) is 0 Å². The van der Waals surface area contributed by atoms with Gasteiger partial charge in [0.15, 0.2) is 10.9 Å². The van der Waals surface area contributed by atoms with E-state index >= 15 is 0 Å². The van der Waals surface area contributed by atoms with Gasteiger partial charge in [-0.15, -0.1) is 0 Å². The van der Waals surface area contributed by atoms with Gasteiger partial charge in [-0.2, -0.15) is 0 Å². The molecule has 1 N–H and O–H groups in total. The standard InChI is InChI=1S/C24H32N2O5S/c1-4-5-6-7-8-9-14-32-21-25-15-19(16-26-21)18-10-12-20(13-11-18)24(30-22(27)28)17-29-23(2,3)31-24/h10-13,15-16H,4-9,14,17H2,1-3H3,(H,27,28)/t24-/m1/s1. The van der Waals surface area contributed by atoms with Crippen molar-refractivity contribution in [3.05, 3.63) is 42.2 Å². The molecule has 8 heteroatoms. The molecule has 0 radical (unpaired) electrons. The average Bonchev–Trinajstić information content (AvgIpc) is 3.08. The quantitative estimate of drug-likeness (QED) is 0.183. The minimum atomic E-state index is -1.48. The summed E-state index contributed by atoms with van der Waals surface area (Å²) in [6.07, 6.45) is 9.88. The van der Waals surface area contributed by atoms with Crippen molar-refractivity contribution < 1.29 is 24.1 Å². The molecule has 3 rings (SSSR count). The summed E-state index contributed by atoms with van der Waals surface area (Å²) in [5, 5.41) is 9.96. The number of carboxylic acid groups (broad SMARTS) is 1. The highest BCUT2D eigenvalue weighted by atomic mass is 32.2. The van der Waals surface area contributed by atoms with E-state index in [0.717, 1.165) is 22.0 Å². The maximum absolute atomic E-state index is 11.2. The Labute approximate surface area is 193 Å². The van der Waals surface area contributed by atoms with Crippen LogP contribution in [0.15, 0.2) is 41.8 Å². The lowest BCUT2D eigenvalue weighted by Crippen LogP contribution is -2.36. The molecule has 1 aliphatic heterocycles. The molecule has 2 aromatic rings. The molecule has 1 aliphatic rings. The van der Waals surface area contributed by atoms with Crippen LogP contribution in [0.25, 0.3) is 11.1 Å². The van der Waals surface area contributed by atoms with Crippen molar-refractivity contribution in [3.8, 4) is 11.1 Å². The molecule has 1 atom stereocenters. The molecule has 0 amide bonds. The number of benzene rings is 1. The average molecular weight is 461 g/mol. The first-order valence-corrected chi connectivity index (χ1v) is 12.1. The van der Waals surface area contributed by atoms with E-state index in [-0.39, 0.29) is 6.61 Å². The smallest absolute Gasteiger partial charge is 0.450 e. The fraction of sp³-hybridized carbons (Fsp3) is 0.542. The highest BCUT2D eigenvalue weighted by Crippen LogP contribution is 2.40. The summed E-state index contributed by atoms with van der Waals surface area (Å²) in [4.78, 5) is 20.2. The largest absolute Gasteiger partial charge is 0.508 e. The number of unbranched alkanes of at least 4 members (excludes halogenated alkanes) is 5. The van der Waals surface area contributed by atoms with E-state index < -0.39 is 17.7 Å². The number of carbonyl (C=O) groups is 1. The van der Waals surface area contributed by atoms with E-state index in [4.69, 9.17) is 14.2 Å². The highest BCUT2D eigenvalue weighted by Gasteiger charge is 2.50. The van der Waals surface area contributed by atoms with Crippen LogP contribution in [0.4, 0.5) is 4.79 Å². The van der Waals surface area contributed by atoms with Crippen molar-refractivity contribution in [3.63, 3.8) is 0 Å². The van der Waals surface area contributed by atoms with Crippen LogP contribution in [-0.4, -0.2) is 39.4 Å². The van der Waals surface area contributed by atoms with Crippen molar-refractivity contribution in [2.75, 3.05) is 12.4 Å². The summed E-state index contributed by atoms with van der Waals surface area (Å²) in [7, 11) is 0. The molecule has 0 aliphatic carbocycles. The summed E-state index contributed by atoms with van der Waals surface area (Å²) in [6, 6.07) is 7.31. The van der Waals surface area contributed by atoms with Crippen LogP contribution in [-0.2, 0) is 20.0 Å². The Morgan fingerprint density at radius 3 is 2.31 bits per heavy atom. The molecular formula is C24H32N2O5S. The third-order valence-electron chi connectivity index (χ3n) is 5.29. The number of hydrogen-bond acceptors (Lipinski definition) is 7. The van der Waals surface area contributed by atoms with Crippen LogP contribution in [0, 0.1) is 0 Å². The van der Waals surface area contributed by atoms with Crippen LogP contribution in [0.1, 0.15) is 64.9 Å². The Morgan fingerprint density at radius 2 is 1.72 bits per heavy atom. The molecule has 1 aromatic carbocycles. The van der Waals surface area contributed by atoms with Crippen LogP contribution in [0.5, 0.6) is 0 Å². The van der Waals surface area contributed by atoms with E-state index in [2.05, 4.69) is 16.9 Å². The zero-order valence-corrected chi connectivity index (χ0v) is 19.8. The lowest BCUT2D eigenvalue weighted by molar-refractivity contribution is -0.240. The van der Waals surface area contributed by atoms with E-state index in [9.17, 15) is 9.90 Å². The van der Waals surface area contributed by atoms with Gasteiger partial charge in [-0.25, -0.2) is 14.8 Å². The third-order valence-corrected chi connectivity index (χ3v) is 6.25. The molecular weight excluding hydrogens is 428 g/mol. The Kier molecular flexibility index (Phi) is 8.51. The summed E-state index contributed by atoms with van der Waals surface area (Å²) in [5.74, 6) is -1.39. The predicted molar refractivity (Wildman–Crippen MR) is 123 cm³/mol. The first-order valence-electron chi connectivity index (χ1n) is 11.2. The summed E-state index contributed by atoms with van der Waals surface area (Å²) >= 11 is 1.69. The third kappa shape index (κ3) is 6.67. The van der Waals surface area contributed by atoms with Gasteiger partial charge < -0.3 is 19.3 Å². The SMILES string of the molecule is CCCCCCCCSc1ncc(-c2ccc([C@@]3(OC(=O)O)COC(C)(C)O3)cc2)cn1. The first-order chi connectivity index (χ1) is 15.3. The normalized spacial score (nSPS) is 19.7. The van der Waals surface area contributed by atoms with Gasteiger partial charge in [0.25, 0.3) is 5.79 Å². The van der Waals surface area contributed by atoms with E-state index in [0.29, 0.717) is 5.56 Å². The molecule has 174 valence electrons. The number of thioether (sulfide) groups is 1. The molecule has 2 heterocycles. The first kappa shape index (κ1) is 24.5. The highest BCUT2D eigenvalue weighted by molar-refractivity contribution is 7.99. The van der Waals surface area contributed by atoms with E-state index in [1.807, 2.05) is 24.5 Å². The van der Waals surface area contributed by atoms with Gasteiger partial charge in [-0.1, -0.05) is 75.1 Å².